The second-order valence-corrected chi connectivity index (χ2v) is 8.44. The topological polar surface area (TPSA) is 41.1 Å². The van der Waals surface area contributed by atoms with Crippen LogP contribution in [-0.2, 0) is 11.2 Å². The molecule has 0 bridgehead atoms. The van der Waals surface area contributed by atoms with Gasteiger partial charge in [-0.3, -0.25) is 4.79 Å². The number of hydrogen-bond donors (Lipinski definition) is 2. The highest BCUT2D eigenvalue weighted by molar-refractivity contribution is 7.10. The van der Waals surface area contributed by atoms with Crippen molar-refractivity contribution < 1.29 is 4.79 Å². The van der Waals surface area contributed by atoms with Gasteiger partial charge in [0.25, 0.3) is 0 Å². The summed E-state index contributed by atoms with van der Waals surface area (Å²) in [5, 5.41) is 8.74. The lowest BCUT2D eigenvalue weighted by Gasteiger charge is -2.22. The van der Waals surface area contributed by atoms with Crippen molar-refractivity contribution in [1.29, 1.82) is 0 Å². The summed E-state index contributed by atoms with van der Waals surface area (Å²) in [4.78, 5) is 14.1. The molecule has 4 aromatic rings. The van der Waals surface area contributed by atoms with E-state index in [0.29, 0.717) is 0 Å². The van der Waals surface area contributed by atoms with Crippen LogP contribution in [0.25, 0.3) is 0 Å². The number of nitrogens with one attached hydrogen (secondary N) is 2. The first kappa shape index (κ1) is 21.0. The van der Waals surface area contributed by atoms with E-state index < -0.39 is 0 Å². The maximum Gasteiger partial charge on any atom is 0.234 e. The third-order valence-electron chi connectivity index (χ3n) is 5.26. The van der Waals surface area contributed by atoms with Crippen molar-refractivity contribution in [2.45, 2.75) is 18.5 Å². The van der Waals surface area contributed by atoms with Crippen LogP contribution in [0.1, 0.15) is 33.7 Å². The summed E-state index contributed by atoms with van der Waals surface area (Å²) in [6.45, 7) is 0.251. The van der Waals surface area contributed by atoms with Crippen LogP contribution in [0.4, 0.5) is 0 Å². The summed E-state index contributed by atoms with van der Waals surface area (Å²) in [6, 6.07) is 34.8. The van der Waals surface area contributed by atoms with Gasteiger partial charge in [-0.15, -0.1) is 11.3 Å². The maximum absolute atomic E-state index is 12.9. The quantitative estimate of drug-likeness (QED) is 0.370. The lowest BCUT2D eigenvalue weighted by Crippen LogP contribution is -2.38. The molecule has 0 radical (unpaired) electrons. The second-order valence-electron chi connectivity index (χ2n) is 7.46. The van der Waals surface area contributed by atoms with Crippen LogP contribution in [0.3, 0.4) is 0 Å². The first-order valence-electron chi connectivity index (χ1n) is 10.5. The number of amides is 1. The normalized spacial score (nSPS) is 12.8. The van der Waals surface area contributed by atoms with Gasteiger partial charge in [0.15, 0.2) is 0 Å². The van der Waals surface area contributed by atoms with Gasteiger partial charge in [-0.05, 0) is 34.6 Å². The minimum atomic E-state index is -0.139. The fraction of sp³-hybridized carbons (Fsp3) is 0.148. The molecule has 1 heterocycles. The molecule has 0 aliphatic carbocycles. The fourth-order valence-corrected chi connectivity index (χ4v) is 4.49. The number of benzene rings is 3. The molecule has 0 spiro atoms. The molecule has 3 aromatic carbocycles. The zero-order chi connectivity index (χ0) is 21.3. The highest BCUT2D eigenvalue weighted by atomic mass is 32.1. The second kappa shape index (κ2) is 10.7. The molecule has 0 saturated carbocycles. The zero-order valence-electron chi connectivity index (χ0n) is 17.3. The predicted octanol–water partition coefficient (Wildman–Crippen LogP) is 5.53. The van der Waals surface area contributed by atoms with Crippen molar-refractivity contribution >= 4 is 17.2 Å². The van der Waals surface area contributed by atoms with Crippen molar-refractivity contribution in [2.75, 3.05) is 6.54 Å². The van der Waals surface area contributed by atoms with Gasteiger partial charge in [-0.2, -0.15) is 0 Å². The molecule has 0 aliphatic rings. The van der Waals surface area contributed by atoms with E-state index in [9.17, 15) is 4.79 Å². The molecule has 156 valence electrons. The van der Waals surface area contributed by atoms with Gasteiger partial charge in [0.1, 0.15) is 0 Å². The minimum absolute atomic E-state index is 0.0174. The Kier molecular flexibility index (Phi) is 7.27. The van der Waals surface area contributed by atoms with Crippen LogP contribution in [0.5, 0.6) is 0 Å². The first-order valence-corrected chi connectivity index (χ1v) is 11.4. The summed E-state index contributed by atoms with van der Waals surface area (Å²) in [5.74, 6) is -0.0174. The van der Waals surface area contributed by atoms with Crippen molar-refractivity contribution in [3.05, 3.63) is 130 Å². The molecule has 0 fully saturated rings. The van der Waals surface area contributed by atoms with E-state index in [0.717, 1.165) is 16.9 Å². The number of carbonyl (C=O) groups excluding carboxylic acids is 1. The summed E-state index contributed by atoms with van der Waals surface area (Å²) in [6.07, 6.45) is 0.825. The van der Waals surface area contributed by atoms with E-state index in [4.69, 9.17) is 0 Å². The first-order chi connectivity index (χ1) is 15.3. The highest BCUT2D eigenvalue weighted by Gasteiger charge is 2.19. The molecular weight excluding hydrogens is 400 g/mol. The van der Waals surface area contributed by atoms with Crippen LogP contribution in [0.2, 0.25) is 0 Å². The molecule has 1 aromatic heterocycles. The predicted molar refractivity (Wildman–Crippen MR) is 128 cm³/mol. The molecule has 0 aliphatic heterocycles. The van der Waals surface area contributed by atoms with Crippen LogP contribution >= 0.6 is 11.3 Å². The Morgan fingerprint density at radius 3 is 1.97 bits per heavy atom. The van der Waals surface area contributed by atoms with Gasteiger partial charge in [0, 0.05) is 10.9 Å². The highest BCUT2D eigenvalue weighted by Crippen LogP contribution is 2.26. The standard InChI is InChI=1S/C27H26N2OS/c30-26(29-27(25-17-10-18-31-25)23-15-8-3-9-16-23)20-28-24(22-13-6-2-7-14-22)19-21-11-4-1-5-12-21/h1-18,24,27-28H,19-20H2,(H,29,30)/t24-,27+/m1/s1. The molecule has 2 N–H and O–H groups in total. The van der Waals surface area contributed by atoms with E-state index in [-0.39, 0.29) is 24.5 Å². The van der Waals surface area contributed by atoms with E-state index in [1.807, 2.05) is 53.9 Å². The summed E-state index contributed by atoms with van der Waals surface area (Å²) in [5.41, 5.74) is 3.50. The van der Waals surface area contributed by atoms with Crippen LogP contribution < -0.4 is 10.6 Å². The van der Waals surface area contributed by atoms with Crippen molar-refractivity contribution in [1.82, 2.24) is 10.6 Å². The maximum atomic E-state index is 12.9. The average Bonchev–Trinajstić information content (AvgIpc) is 3.37. The fourth-order valence-electron chi connectivity index (χ4n) is 3.69. The van der Waals surface area contributed by atoms with Gasteiger partial charge >= 0.3 is 0 Å². The Labute approximate surface area is 187 Å². The van der Waals surface area contributed by atoms with E-state index >= 15 is 0 Å². The number of rotatable bonds is 9. The van der Waals surface area contributed by atoms with Gasteiger partial charge < -0.3 is 10.6 Å². The zero-order valence-corrected chi connectivity index (χ0v) is 18.1. The molecular formula is C27H26N2OS. The number of carbonyl (C=O) groups is 1. The SMILES string of the molecule is O=C(CN[C@H](Cc1ccccc1)c1ccccc1)N[C@@H](c1ccccc1)c1cccs1. The molecule has 1 amide bonds. The van der Waals surface area contributed by atoms with E-state index in [1.54, 1.807) is 11.3 Å². The van der Waals surface area contributed by atoms with E-state index in [2.05, 4.69) is 65.2 Å². The third-order valence-corrected chi connectivity index (χ3v) is 6.20. The van der Waals surface area contributed by atoms with Gasteiger partial charge in [-0.1, -0.05) is 97.1 Å². The lowest BCUT2D eigenvalue weighted by molar-refractivity contribution is -0.120. The molecule has 4 heteroatoms. The Bertz CT molecular complexity index is 1050. The third kappa shape index (κ3) is 5.91. The Morgan fingerprint density at radius 1 is 0.742 bits per heavy atom. The van der Waals surface area contributed by atoms with Crippen molar-refractivity contribution in [3.63, 3.8) is 0 Å². The Morgan fingerprint density at radius 2 is 1.35 bits per heavy atom. The molecule has 0 saturated heterocycles. The largest absolute Gasteiger partial charge is 0.343 e. The number of thiophene rings is 1. The van der Waals surface area contributed by atoms with Gasteiger partial charge in [0.05, 0.1) is 12.6 Å². The molecule has 31 heavy (non-hydrogen) atoms. The molecule has 0 unspecified atom stereocenters. The summed E-state index contributed by atoms with van der Waals surface area (Å²) >= 11 is 1.66. The monoisotopic (exact) mass is 426 g/mol. The van der Waals surface area contributed by atoms with Crippen molar-refractivity contribution in [3.8, 4) is 0 Å². The molecule has 3 nitrogen and oxygen atoms in total. The Hall–Kier alpha value is -3.21. The van der Waals surface area contributed by atoms with Gasteiger partial charge in [-0.25, -0.2) is 0 Å². The minimum Gasteiger partial charge on any atom is -0.343 e. The summed E-state index contributed by atoms with van der Waals surface area (Å²) in [7, 11) is 0. The van der Waals surface area contributed by atoms with Crippen LogP contribution in [0.15, 0.2) is 109 Å². The lowest BCUT2D eigenvalue weighted by atomic mass is 9.99. The van der Waals surface area contributed by atoms with Crippen molar-refractivity contribution in [2.24, 2.45) is 0 Å². The van der Waals surface area contributed by atoms with Gasteiger partial charge in [0.2, 0.25) is 5.91 Å². The molecule has 4 rings (SSSR count). The van der Waals surface area contributed by atoms with Crippen LogP contribution in [-0.4, -0.2) is 12.5 Å². The average molecular weight is 427 g/mol. The number of hydrogen-bond acceptors (Lipinski definition) is 3. The van der Waals surface area contributed by atoms with Crippen LogP contribution in [0, 0.1) is 0 Å². The Balaban J connectivity index is 1.45. The van der Waals surface area contributed by atoms with E-state index in [1.165, 1.54) is 11.1 Å². The summed E-state index contributed by atoms with van der Waals surface area (Å²) < 4.78 is 0. The smallest absolute Gasteiger partial charge is 0.234 e. The molecule has 2 atom stereocenters.